The lowest BCUT2D eigenvalue weighted by atomic mass is 10.1. The van der Waals surface area contributed by atoms with Gasteiger partial charge in [-0.1, -0.05) is 72.8 Å². The minimum atomic E-state index is 0.749. The fourth-order valence-electron chi connectivity index (χ4n) is 8.61. The zero-order valence-electron chi connectivity index (χ0n) is 27.7. The number of pyridine rings is 2. The van der Waals surface area contributed by atoms with Crippen molar-refractivity contribution in [3.63, 3.8) is 0 Å². The fourth-order valence-corrected chi connectivity index (χ4v) is 8.61. The summed E-state index contributed by atoms with van der Waals surface area (Å²) in [4.78, 5) is 9.20. The maximum absolute atomic E-state index is 6.42. The Labute approximate surface area is 296 Å². The molecule has 0 amide bonds. The van der Waals surface area contributed by atoms with E-state index in [1.807, 2.05) is 18.3 Å². The number of para-hydroxylation sites is 4. The van der Waals surface area contributed by atoms with Crippen LogP contribution < -0.4 is 0 Å². The van der Waals surface area contributed by atoms with Crippen LogP contribution in [-0.2, 0) is 0 Å². The zero-order valence-corrected chi connectivity index (χ0v) is 27.7. The average Bonchev–Trinajstić information content (AvgIpc) is 3.94. The summed E-state index contributed by atoms with van der Waals surface area (Å²) < 4.78 is 13.4. The van der Waals surface area contributed by atoms with Crippen LogP contribution in [0.3, 0.4) is 0 Å². The highest BCUT2D eigenvalue weighted by Crippen LogP contribution is 2.40. The minimum Gasteiger partial charge on any atom is -0.450 e. The molecule has 12 aromatic rings. The summed E-state index contributed by atoms with van der Waals surface area (Å²) in [5.41, 5.74) is 10.6. The Kier molecular flexibility index (Phi) is 5.41. The van der Waals surface area contributed by atoms with E-state index in [2.05, 4.69) is 152 Å². The van der Waals surface area contributed by atoms with Crippen molar-refractivity contribution in [3.05, 3.63) is 164 Å². The second-order valence-electron chi connectivity index (χ2n) is 13.5. The Balaban J connectivity index is 1.10. The molecule has 0 saturated heterocycles. The first-order valence-corrected chi connectivity index (χ1v) is 17.5. The fraction of sp³-hybridized carbons (Fsp3) is 0. The zero-order chi connectivity index (χ0) is 33.9. The predicted molar refractivity (Wildman–Crippen MR) is 212 cm³/mol. The molecule has 6 aromatic heterocycles. The van der Waals surface area contributed by atoms with Crippen molar-refractivity contribution in [2.24, 2.45) is 0 Å². The molecule has 6 heterocycles. The molecule has 0 aliphatic heterocycles. The second kappa shape index (κ2) is 10.2. The first kappa shape index (κ1) is 27.6. The molecule has 0 N–H and O–H groups in total. The van der Waals surface area contributed by atoms with Crippen LogP contribution in [0.5, 0.6) is 0 Å². The van der Waals surface area contributed by atoms with E-state index in [-0.39, 0.29) is 0 Å². The molecule has 0 aliphatic carbocycles. The molecular weight excluding hydrogens is 639 g/mol. The Morgan fingerprint density at radius 2 is 0.846 bits per heavy atom. The molecule has 6 heteroatoms. The molecule has 242 valence electrons. The number of fused-ring (bicyclic) bond motifs is 12. The van der Waals surface area contributed by atoms with E-state index in [4.69, 9.17) is 9.40 Å². The van der Waals surface area contributed by atoms with Crippen LogP contribution in [0.2, 0.25) is 0 Å². The van der Waals surface area contributed by atoms with Crippen molar-refractivity contribution >= 4 is 87.4 Å². The first-order valence-electron chi connectivity index (χ1n) is 17.5. The summed E-state index contributed by atoms with van der Waals surface area (Å²) in [6, 6.07) is 52.3. The highest BCUT2D eigenvalue weighted by molar-refractivity contribution is 6.15. The van der Waals surface area contributed by atoms with Crippen molar-refractivity contribution in [2.75, 3.05) is 0 Å². The lowest BCUT2D eigenvalue weighted by molar-refractivity contribution is 0.661. The van der Waals surface area contributed by atoms with Crippen LogP contribution in [-0.4, -0.2) is 23.7 Å². The van der Waals surface area contributed by atoms with Gasteiger partial charge in [0.15, 0.2) is 17.0 Å². The third kappa shape index (κ3) is 3.62. The van der Waals surface area contributed by atoms with Gasteiger partial charge in [-0.15, -0.1) is 0 Å². The van der Waals surface area contributed by atoms with Crippen LogP contribution in [0.1, 0.15) is 0 Å². The summed E-state index contributed by atoms with van der Waals surface area (Å²) in [7, 11) is 0. The topological polar surface area (TPSA) is 53.7 Å². The number of nitrogens with zero attached hydrogens (tertiary/aromatic N) is 5. The summed E-state index contributed by atoms with van der Waals surface area (Å²) in [5.74, 6) is 0.766. The Bertz CT molecular complexity index is 3380. The molecule has 0 fully saturated rings. The summed E-state index contributed by atoms with van der Waals surface area (Å²) in [6.45, 7) is 0. The van der Waals surface area contributed by atoms with Gasteiger partial charge in [0.1, 0.15) is 0 Å². The predicted octanol–water partition coefficient (Wildman–Crippen LogP) is 11.7. The SMILES string of the molecule is c1ccc2c(c1)c1ccccc1n2-c1ccc2c(c1)c1ccccc1n2-c1ccc2c(c1)c1ccccc1n2-c1nccc2c1oc1cnccc12. The smallest absolute Gasteiger partial charge is 0.181 e. The molecule has 0 bridgehead atoms. The highest BCUT2D eigenvalue weighted by Gasteiger charge is 2.21. The van der Waals surface area contributed by atoms with Gasteiger partial charge in [0.2, 0.25) is 0 Å². The molecule has 0 radical (unpaired) electrons. The van der Waals surface area contributed by atoms with Crippen LogP contribution in [0.25, 0.3) is 105 Å². The Morgan fingerprint density at radius 3 is 1.42 bits per heavy atom. The number of hydrogen-bond acceptors (Lipinski definition) is 3. The van der Waals surface area contributed by atoms with E-state index >= 15 is 0 Å². The van der Waals surface area contributed by atoms with Crippen LogP contribution >= 0.6 is 0 Å². The third-order valence-corrected chi connectivity index (χ3v) is 10.8. The minimum absolute atomic E-state index is 0.749. The van der Waals surface area contributed by atoms with E-state index in [9.17, 15) is 0 Å². The molecule has 0 unspecified atom stereocenters. The third-order valence-electron chi connectivity index (χ3n) is 10.8. The molecule has 0 spiro atoms. The molecule has 6 aromatic carbocycles. The maximum atomic E-state index is 6.42. The number of aromatic nitrogens is 5. The standard InChI is InChI=1S/C46H27N5O/c1-5-13-38-30(9-1)31-10-2-6-14-39(31)49(38)28-17-19-42-36(25-28)32-11-3-7-15-40(32)50(42)29-18-20-43-37(26-29)33-12-4-8-16-41(33)51(43)46-45-35(22-24-48-46)34-21-23-47-27-44(34)52-45/h1-27H. The van der Waals surface area contributed by atoms with Gasteiger partial charge in [-0.05, 0) is 72.8 Å². The van der Waals surface area contributed by atoms with Crippen molar-refractivity contribution in [1.82, 2.24) is 23.7 Å². The summed E-state index contributed by atoms with van der Waals surface area (Å²) in [5, 5.41) is 9.32. The first-order chi connectivity index (χ1) is 25.8. The van der Waals surface area contributed by atoms with Crippen molar-refractivity contribution in [2.45, 2.75) is 0 Å². The highest BCUT2D eigenvalue weighted by atomic mass is 16.3. The van der Waals surface area contributed by atoms with Gasteiger partial charge in [-0.25, -0.2) is 4.98 Å². The van der Waals surface area contributed by atoms with Gasteiger partial charge in [0.25, 0.3) is 0 Å². The maximum Gasteiger partial charge on any atom is 0.181 e. The second-order valence-corrected chi connectivity index (χ2v) is 13.5. The summed E-state index contributed by atoms with van der Waals surface area (Å²) >= 11 is 0. The number of hydrogen-bond donors (Lipinski definition) is 0. The van der Waals surface area contributed by atoms with Crippen LogP contribution in [0, 0.1) is 0 Å². The van der Waals surface area contributed by atoms with Gasteiger partial charge in [0, 0.05) is 66.9 Å². The molecule has 0 aliphatic rings. The van der Waals surface area contributed by atoms with E-state index in [1.165, 1.54) is 38.1 Å². The van der Waals surface area contributed by atoms with E-state index in [0.29, 0.717) is 0 Å². The van der Waals surface area contributed by atoms with Crippen LogP contribution in [0.15, 0.2) is 169 Å². The van der Waals surface area contributed by atoms with E-state index in [1.54, 1.807) is 12.4 Å². The lowest BCUT2D eigenvalue weighted by Crippen LogP contribution is -1.98. The monoisotopic (exact) mass is 665 g/mol. The van der Waals surface area contributed by atoms with Gasteiger partial charge in [-0.3, -0.25) is 9.55 Å². The van der Waals surface area contributed by atoms with Gasteiger partial charge in [-0.2, -0.15) is 0 Å². The number of furan rings is 1. The molecule has 52 heavy (non-hydrogen) atoms. The molecule has 12 rings (SSSR count). The Morgan fingerprint density at radius 1 is 0.385 bits per heavy atom. The number of benzene rings is 6. The van der Waals surface area contributed by atoms with Crippen molar-refractivity contribution < 1.29 is 4.42 Å². The number of rotatable bonds is 3. The van der Waals surface area contributed by atoms with E-state index < -0.39 is 0 Å². The molecule has 0 atom stereocenters. The lowest BCUT2D eigenvalue weighted by Gasteiger charge is -2.11. The van der Waals surface area contributed by atoms with Gasteiger partial charge in [0.05, 0.1) is 39.3 Å². The van der Waals surface area contributed by atoms with Crippen molar-refractivity contribution in [3.8, 4) is 17.2 Å². The largest absolute Gasteiger partial charge is 0.450 e. The molecular formula is C46H27N5O. The van der Waals surface area contributed by atoms with E-state index in [0.717, 1.165) is 66.5 Å². The van der Waals surface area contributed by atoms with Gasteiger partial charge < -0.3 is 13.6 Å². The normalized spacial score (nSPS) is 12.2. The van der Waals surface area contributed by atoms with Gasteiger partial charge >= 0.3 is 0 Å². The van der Waals surface area contributed by atoms with Crippen molar-refractivity contribution in [1.29, 1.82) is 0 Å². The quantitative estimate of drug-likeness (QED) is 0.189. The average molecular weight is 666 g/mol. The summed E-state index contributed by atoms with van der Waals surface area (Å²) in [6.07, 6.45) is 5.45. The molecule has 0 saturated carbocycles. The Hall–Kier alpha value is -7.18. The van der Waals surface area contributed by atoms with Crippen LogP contribution in [0.4, 0.5) is 0 Å². The molecule has 6 nitrogen and oxygen atoms in total.